The molecule has 3 heterocycles. The van der Waals surface area contributed by atoms with E-state index in [1.165, 1.54) is 56.6 Å². The van der Waals surface area contributed by atoms with Crippen LogP contribution < -0.4 is 0 Å². The normalized spacial score (nSPS) is 26.7. The Balaban J connectivity index is 1.57. The van der Waals surface area contributed by atoms with E-state index in [1.54, 1.807) is 0 Å². The summed E-state index contributed by atoms with van der Waals surface area (Å²) in [6.07, 6.45) is 7.04. The summed E-state index contributed by atoms with van der Waals surface area (Å²) in [6.45, 7) is 7.80. The third-order valence-electron chi connectivity index (χ3n) is 4.64. The second kappa shape index (κ2) is 6.06. The van der Waals surface area contributed by atoms with Gasteiger partial charge in [0.15, 0.2) is 0 Å². The molecule has 4 nitrogen and oxygen atoms in total. The van der Waals surface area contributed by atoms with Gasteiger partial charge in [-0.3, -0.25) is 5.10 Å². The van der Waals surface area contributed by atoms with Crippen molar-refractivity contribution in [2.45, 2.75) is 38.5 Å². The Labute approximate surface area is 115 Å². The highest BCUT2D eigenvalue weighted by atomic mass is 16.5. The SMILES string of the molecule is Cc1cn[nH]c1[C@@H]1CCCN(CC2CCOCC2)C1. The van der Waals surface area contributed by atoms with E-state index in [0.717, 1.165) is 19.1 Å². The molecule has 0 amide bonds. The number of nitrogens with zero attached hydrogens (tertiary/aromatic N) is 2. The van der Waals surface area contributed by atoms with Crippen molar-refractivity contribution in [3.05, 3.63) is 17.5 Å². The van der Waals surface area contributed by atoms with Gasteiger partial charge in [0.25, 0.3) is 0 Å². The topological polar surface area (TPSA) is 41.2 Å². The van der Waals surface area contributed by atoms with Crippen LogP contribution >= 0.6 is 0 Å². The van der Waals surface area contributed by atoms with Crippen molar-refractivity contribution in [1.29, 1.82) is 0 Å². The molecule has 0 aliphatic carbocycles. The lowest BCUT2D eigenvalue weighted by atomic mass is 9.91. The molecule has 0 aromatic carbocycles. The van der Waals surface area contributed by atoms with Crippen LogP contribution in [0, 0.1) is 12.8 Å². The fourth-order valence-corrected chi connectivity index (χ4v) is 3.52. The van der Waals surface area contributed by atoms with Crippen LogP contribution in [0.2, 0.25) is 0 Å². The predicted octanol–water partition coefficient (Wildman–Crippen LogP) is 2.32. The minimum absolute atomic E-state index is 0.649. The van der Waals surface area contributed by atoms with Crippen molar-refractivity contribution in [1.82, 2.24) is 15.1 Å². The Hall–Kier alpha value is -0.870. The molecule has 106 valence electrons. The molecule has 3 rings (SSSR count). The van der Waals surface area contributed by atoms with Gasteiger partial charge >= 0.3 is 0 Å². The second-order valence-electron chi connectivity index (χ2n) is 6.12. The van der Waals surface area contributed by atoms with Gasteiger partial charge in [-0.15, -0.1) is 0 Å². The first-order chi connectivity index (χ1) is 9.33. The smallest absolute Gasteiger partial charge is 0.0519 e. The largest absolute Gasteiger partial charge is 0.381 e. The highest BCUT2D eigenvalue weighted by molar-refractivity contribution is 5.19. The number of aromatic amines is 1. The van der Waals surface area contributed by atoms with E-state index < -0.39 is 0 Å². The van der Waals surface area contributed by atoms with E-state index in [9.17, 15) is 0 Å². The molecule has 19 heavy (non-hydrogen) atoms. The van der Waals surface area contributed by atoms with Crippen molar-refractivity contribution in [2.24, 2.45) is 5.92 Å². The molecule has 0 spiro atoms. The maximum absolute atomic E-state index is 5.45. The van der Waals surface area contributed by atoms with Gasteiger partial charge in [0.05, 0.1) is 6.20 Å². The van der Waals surface area contributed by atoms with Gasteiger partial charge in [-0.05, 0) is 50.6 Å². The van der Waals surface area contributed by atoms with Gasteiger partial charge in [-0.2, -0.15) is 5.10 Å². The molecule has 1 aromatic rings. The Morgan fingerprint density at radius 3 is 2.95 bits per heavy atom. The van der Waals surface area contributed by atoms with Crippen molar-refractivity contribution < 1.29 is 4.74 Å². The standard InChI is InChI=1S/C15H25N3O/c1-12-9-16-17-15(12)14-3-2-6-18(11-14)10-13-4-7-19-8-5-13/h9,13-14H,2-8,10-11H2,1H3,(H,16,17)/t14-/m1/s1. The van der Waals surface area contributed by atoms with Crippen LogP contribution in [0.5, 0.6) is 0 Å². The third-order valence-corrected chi connectivity index (χ3v) is 4.64. The number of hydrogen-bond acceptors (Lipinski definition) is 3. The van der Waals surface area contributed by atoms with Gasteiger partial charge in [0.1, 0.15) is 0 Å². The molecule has 2 fully saturated rings. The summed E-state index contributed by atoms with van der Waals surface area (Å²) in [5.41, 5.74) is 2.68. The molecule has 2 aliphatic rings. The summed E-state index contributed by atoms with van der Waals surface area (Å²) >= 11 is 0. The number of H-pyrrole nitrogens is 1. The van der Waals surface area contributed by atoms with Crippen molar-refractivity contribution in [2.75, 3.05) is 32.8 Å². The summed E-state index contributed by atoms with van der Waals surface area (Å²) in [6, 6.07) is 0. The van der Waals surface area contributed by atoms with Crippen molar-refractivity contribution in [3.63, 3.8) is 0 Å². The first-order valence-electron chi connectivity index (χ1n) is 7.63. The highest BCUT2D eigenvalue weighted by Crippen LogP contribution is 2.28. The Kier molecular flexibility index (Phi) is 4.18. The summed E-state index contributed by atoms with van der Waals surface area (Å²) < 4.78 is 5.45. The van der Waals surface area contributed by atoms with Gasteiger partial charge in [0.2, 0.25) is 0 Å². The molecule has 4 heteroatoms. The molecule has 2 aliphatic heterocycles. The van der Waals surface area contributed by atoms with Gasteiger partial charge in [-0.25, -0.2) is 0 Å². The van der Waals surface area contributed by atoms with Crippen LogP contribution in [0.4, 0.5) is 0 Å². The zero-order valence-corrected chi connectivity index (χ0v) is 11.9. The van der Waals surface area contributed by atoms with Gasteiger partial charge < -0.3 is 9.64 Å². The molecule has 0 unspecified atom stereocenters. The van der Waals surface area contributed by atoms with Gasteiger partial charge in [-0.1, -0.05) is 0 Å². The second-order valence-corrected chi connectivity index (χ2v) is 6.12. The van der Waals surface area contributed by atoms with Crippen LogP contribution in [0.1, 0.15) is 42.9 Å². The molecule has 1 N–H and O–H groups in total. The number of piperidine rings is 1. The molecule has 0 saturated carbocycles. The zero-order chi connectivity index (χ0) is 13.1. The van der Waals surface area contributed by atoms with E-state index >= 15 is 0 Å². The van der Waals surface area contributed by atoms with E-state index in [2.05, 4.69) is 22.0 Å². The molecule has 0 radical (unpaired) electrons. The molecule has 0 bridgehead atoms. The lowest BCUT2D eigenvalue weighted by Crippen LogP contribution is -2.39. The van der Waals surface area contributed by atoms with Crippen molar-refractivity contribution in [3.8, 4) is 0 Å². The monoisotopic (exact) mass is 263 g/mol. The number of aryl methyl sites for hydroxylation is 1. The lowest BCUT2D eigenvalue weighted by molar-refractivity contribution is 0.0481. The Morgan fingerprint density at radius 1 is 1.37 bits per heavy atom. The Morgan fingerprint density at radius 2 is 2.21 bits per heavy atom. The average Bonchev–Trinajstić information content (AvgIpc) is 2.86. The highest BCUT2D eigenvalue weighted by Gasteiger charge is 2.26. The average molecular weight is 263 g/mol. The van der Waals surface area contributed by atoms with Crippen LogP contribution in [0.25, 0.3) is 0 Å². The molecule has 2 saturated heterocycles. The molecule has 1 atom stereocenters. The number of ether oxygens (including phenoxy) is 1. The van der Waals surface area contributed by atoms with E-state index in [1.807, 2.05) is 6.20 Å². The van der Waals surface area contributed by atoms with Crippen LogP contribution in [0.15, 0.2) is 6.20 Å². The molecular weight excluding hydrogens is 238 g/mol. The van der Waals surface area contributed by atoms with Crippen LogP contribution in [-0.4, -0.2) is 47.9 Å². The number of likely N-dealkylation sites (tertiary alicyclic amines) is 1. The number of nitrogens with one attached hydrogen (secondary N) is 1. The van der Waals surface area contributed by atoms with E-state index in [-0.39, 0.29) is 0 Å². The van der Waals surface area contributed by atoms with E-state index in [0.29, 0.717) is 5.92 Å². The maximum atomic E-state index is 5.45. The maximum Gasteiger partial charge on any atom is 0.0519 e. The zero-order valence-electron chi connectivity index (χ0n) is 11.9. The number of rotatable bonds is 3. The summed E-state index contributed by atoms with van der Waals surface area (Å²) in [4.78, 5) is 2.66. The van der Waals surface area contributed by atoms with Crippen LogP contribution in [0.3, 0.4) is 0 Å². The minimum Gasteiger partial charge on any atom is -0.381 e. The minimum atomic E-state index is 0.649. The Bertz CT molecular complexity index is 398. The van der Waals surface area contributed by atoms with Gasteiger partial charge in [0, 0.05) is 37.9 Å². The summed E-state index contributed by atoms with van der Waals surface area (Å²) in [5, 5.41) is 7.38. The lowest BCUT2D eigenvalue weighted by Gasteiger charge is -2.35. The fourth-order valence-electron chi connectivity index (χ4n) is 3.52. The molecule has 1 aromatic heterocycles. The molecular formula is C15H25N3O. The number of hydrogen-bond donors (Lipinski definition) is 1. The fraction of sp³-hybridized carbons (Fsp3) is 0.800. The third kappa shape index (κ3) is 3.18. The first-order valence-corrected chi connectivity index (χ1v) is 7.63. The van der Waals surface area contributed by atoms with Crippen LogP contribution in [-0.2, 0) is 4.74 Å². The summed E-state index contributed by atoms with van der Waals surface area (Å²) in [7, 11) is 0. The number of aromatic nitrogens is 2. The van der Waals surface area contributed by atoms with E-state index in [4.69, 9.17) is 4.74 Å². The quantitative estimate of drug-likeness (QED) is 0.910. The predicted molar refractivity (Wildman–Crippen MR) is 75.3 cm³/mol. The summed E-state index contributed by atoms with van der Waals surface area (Å²) in [5.74, 6) is 1.49. The van der Waals surface area contributed by atoms with Crippen molar-refractivity contribution >= 4 is 0 Å². The first kappa shape index (κ1) is 13.1.